The summed E-state index contributed by atoms with van der Waals surface area (Å²) in [5.74, 6) is 0.0329. The molecule has 160 valence electrons. The van der Waals surface area contributed by atoms with E-state index in [9.17, 15) is 14.4 Å². The van der Waals surface area contributed by atoms with E-state index in [4.69, 9.17) is 9.47 Å². The molecule has 0 unspecified atom stereocenters. The number of carbonyl (C=O) groups is 3. The first-order chi connectivity index (χ1) is 14.5. The van der Waals surface area contributed by atoms with Crippen LogP contribution in [-0.2, 0) is 16.1 Å². The van der Waals surface area contributed by atoms with Crippen LogP contribution < -0.4 is 15.4 Å². The molecule has 7 heteroatoms. The first kappa shape index (κ1) is 22.9. The minimum atomic E-state index is -0.786. The molecule has 0 aliphatic heterocycles. The second kappa shape index (κ2) is 11.6. The van der Waals surface area contributed by atoms with E-state index in [1.165, 1.54) is 12.1 Å². The molecule has 30 heavy (non-hydrogen) atoms. The van der Waals surface area contributed by atoms with Gasteiger partial charge in [0.2, 0.25) is 5.91 Å². The molecule has 0 saturated heterocycles. The number of nitrogens with one attached hydrogen (secondary N) is 2. The normalized spacial score (nSPS) is 10.4. The number of ether oxygens (including phenoxy) is 2. The smallest absolute Gasteiger partial charge is 0.434 e. The van der Waals surface area contributed by atoms with E-state index >= 15 is 0 Å². The molecule has 0 spiro atoms. The van der Waals surface area contributed by atoms with Gasteiger partial charge in [0, 0.05) is 23.7 Å². The molecule has 0 saturated carbocycles. The number of amides is 2. The molecule has 2 rings (SSSR count). The average molecular weight is 412 g/mol. The zero-order valence-electron chi connectivity index (χ0n) is 17.6. The molecule has 2 aromatic carbocycles. The lowest BCUT2D eigenvalue weighted by Crippen LogP contribution is -2.23. The van der Waals surface area contributed by atoms with Crippen molar-refractivity contribution >= 4 is 23.7 Å². The van der Waals surface area contributed by atoms with Crippen LogP contribution in [0.15, 0.2) is 48.5 Å². The van der Waals surface area contributed by atoms with Crippen LogP contribution in [0.2, 0.25) is 0 Å². The van der Waals surface area contributed by atoms with Crippen LogP contribution in [0.3, 0.4) is 0 Å². The molecule has 0 heterocycles. The maximum absolute atomic E-state index is 12.4. The van der Waals surface area contributed by atoms with E-state index in [-0.39, 0.29) is 24.3 Å². The van der Waals surface area contributed by atoms with E-state index in [0.717, 1.165) is 18.4 Å². The largest absolute Gasteiger partial charge is 0.513 e. The summed E-state index contributed by atoms with van der Waals surface area (Å²) in [6.07, 6.45) is 0.800. The summed E-state index contributed by atoms with van der Waals surface area (Å²) >= 11 is 0. The van der Waals surface area contributed by atoms with Crippen LogP contribution in [0.1, 0.15) is 49.5 Å². The first-order valence-corrected chi connectivity index (χ1v) is 10.1. The van der Waals surface area contributed by atoms with E-state index < -0.39 is 6.16 Å². The van der Waals surface area contributed by atoms with Crippen LogP contribution in [0.5, 0.6) is 5.75 Å². The van der Waals surface area contributed by atoms with Crippen molar-refractivity contribution < 1.29 is 23.9 Å². The van der Waals surface area contributed by atoms with Crippen molar-refractivity contribution in [3.8, 4) is 5.75 Å². The van der Waals surface area contributed by atoms with E-state index in [1.807, 2.05) is 38.1 Å². The van der Waals surface area contributed by atoms with Crippen molar-refractivity contribution in [2.24, 2.45) is 5.92 Å². The van der Waals surface area contributed by atoms with Gasteiger partial charge in [-0.05, 0) is 61.7 Å². The lowest BCUT2D eigenvalue weighted by atomic mass is 10.0. The van der Waals surface area contributed by atoms with Gasteiger partial charge in [-0.25, -0.2) is 4.79 Å². The third-order valence-electron chi connectivity index (χ3n) is 4.58. The highest BCUT2D eigenvalue weighted by Crippen LogP contribution is 2.16. The van der Waals surface area contributed by atoms with Gasteiger partial charge in [0.05, 0.1) is 6.61 Å². The topological polar surface area (TPSA) is 93.7 Å². The second-order valence-corrected chi connectivity index (χ2v) is 6.70. The molecule has 0 bridgehead atoms. The Morgan fingerprint density at radius 2 is 1.67 bits per heavy atom. The predicted molar refractivity (Wildman–Crippen MR) is 114 cm³/mol. The lowest BCUT2D eigenvalue weighted by molar-refractivity contribution is -0.120. The van der Waals surface area contributed by atoms with Gasteiger partial charge in [-0.1, -0.05) is 26.0 Å². The summed E-state index contributed by atoms with van der Waals surface area (Å²) in [6, 6.07) is 13.6. The summed E-state index contributed by atoms with van der Waals surface area (Å²) in [5.41, 5.74) is 2.01. The van der Waals surface area contributed by atoms with E-state index in [1.54, 1.807) is 19.1 Å². The molecule has 0 atom stereocenters. The van der Waals surface area contributed by atoms with E-state index in [0.29, 0.717) is 23.5 Å². The van der Waals surface area contributed by atoms with Gasteiger partial charge < -0.3 is 20.1 Å². The van der Waals surface area contributed by atoms with Gasteiger partial charge >= 0.3 is 6.16 Å². The van der Waals surface area contributed by atoms with Crippen LogP contribution in [0.25, 0.3) is 0 Å². The summed E-state index contributed by atoms with van der Waals surface area (Å²) < 4.78 is 9.67. The highest BCUT2D eigenvalue weighted by molar-refractivity contribution is 5.94. The molecule has 0 radical (unpaired) electrons. The molecular weight excluding hydrogens is 384 g/mol. The van der Waals surface area contributed by atoms with Crippen molar-refractivity contribution in [2.45, 2.75) is 40.2 Å². The average Bonchev–Trinajstić information content (AvgIpc) is 2.74. The molecule has 0 fully saturated rings. The van der Waals surface area contributed by atoms with Crippen molar-refractivity contribution in [3.63, 3.8) is 0 Å². The molecule has 7 nitrogen and oxygen atoms in total. The second-order valence-electron chi connectivity index (χ2n) is 6.70. The maximum atomic E-state index is 12.4. The van der Waals surface area contributed by atoms with Crippen molar-refractivity contribution in [3.05, 3.63) is 59.7 Å². The van der Waals surface area contributed by atoms with E-state index in [2.05, 4.69) is 10.6 Å². The van der Waals surface area contributed by atoms with Crippen LogP contribution >= 0.6 is 0 Å². The van der Waals surface area contributed by atoms with Crippen LogP contribution in [0, 0.1) is 5.92 Å². The molecule has 0 aliphatic carbocycles. The number of carbonyl (C=O) groups excluding carboxylic acids is 3. The Labute approximate surface area is 176 Å². The number of benzene rings is 2. The highest BCUT2D eigenvalue weighted by atomic mass is 16.7. The Balaban J connectivity index is 1.91. The monoisotopic (exact) mass is 412 g/mol. The van der Waals surface area contributed by atoms with Crippen LogP contribution in [-0.4, -0.2) is 24.6 Å². The molecule has 2 N–H and O–H groups in total. The molecule has 2 amide bonds. The Morgan fingerprint density at radius 1 is 0.967 bits per heavy atom. The third kappa shape index (κ3) is 6.92. The van der Waals surface area contributed by atoms with Gasteiger partial charge in [-0.3, -0.25) is 9.59 Å². The summed E-state index contributed by atoms with van der Waals surface area (Å²) in [4.78, 5) is 35.9. The fourth-order valence-electron chi connectivity index (χ4n) is 2.87. The van der Waals surface area contributed by atoms with Gasteiger partial charge in [-0.15, -0.1) is 0 Å². The summed E-state index contributed by atoms with van der Waals surface area (Å²) in [7, 11) is 0. The minimum Gasteiger partial charge on any atom is -0.434 e. The van der Waals surface area contributed by atoms with Crippen molar-refractivity contribution in [1.29, 1.82) is 0 Å². The lowest BCUT2D eigenvalue weighted by Gasteiger charge is -2.13. The fraction of sp³-hybridized carbons (Fsp3) is 0.348. The number of hydrogen-bond acceptors (Lipinski definition) is 5. The fourth-order valence-corrected chi connectivity index (χ4v) is 2.87. The number of anilines is 1. The summed E-state index contributed by atoms with van der Waals surface area (Å²) in [6.45, 7) is 6.21. The van der Waals surface area contributed by atoms with Gasteiger partial charge in [0.1, 0.15) is 5.75 Å². The van der Waals surface area contributed by atoms with Crippen molar-refractivity contribution in [2.75, 3.05) is 11.9 Å². The Kier molecular flexibility index (Phi) is 8.87. The third-order valence-corrected chi connectivity index (χ3v) is 4.58. The molecular formula is C23H28N2O5. The Hall–Kier alpha value is -3.35. The quantitative estimate of drug-likeness (QED) is 0.466. The number of rotatable bonds is 9. The predicted octanol–water partition coefficient (Wildman–Crippen LogP) is 4.53. The zero-order chi connectivity index (χ0) is 21.9. The van der Waals surface area contributed by atoms with Crippen molar-refractivity contribution in [1.82, 2.24) is 5.32 Å². The highest BCUT2D eigenvalue weighted by Gasteiger charge is 2.14. The number of hydrogen-bond donors (Lipinski definition) is 2. The Bertz CT molecular complexity index is 860. The standard InChI is InChI=1S/C23H28N2O5/c1-4-17(5-2)22(27)25-19-9-7-8-16(14-19)15-24-21(26)18-10-12-20(13-11-18)30-23(28)29-6-3/h7-14,17H,4-6,15H2,1-3H3,(H,24,26)(H,25,27). The maximum Gasteiger partial charge on any atom is 0.513 e. The molecule has 2 aromatic rings. The first-order valence-electron chi connectivity index (χ1n) is 10.1. The van der Waals surface area contributed by atoms with Gasteiger partial charge in [0.25, 0.3) is 5.91 Å². The van der Waals surface area contributed by atoms with Gasteiger partial charge in [0.15, 0.2) is 0 Å². The Morgan fingerprint density at radius 3 is 2.30 bits per heavy atom. The SMILES string of the molecule is CCOC(=O)Oc1ccc(C(=O)NCc2cccc(NC(=O)C(CC)CC)c2)cc1. The molecule has 0 aliphatic rings. The minimum absolute atomic E-state index is 0.00585. The summed E-state index contributed by atoms with van der Waals surface area (Å²) in [5, 5.41) is 5.77. The van der Waals surface area contributed by atoms with Crippen LogP contribution in [0.4, 0.5) is 10.5 Å². The zero-order valence-corrected chi connectivity index (χ0v) is 17.6. The molecule has 0 aromatic heterocycles. The van der Waals surface area contributed by atoms with Gasteiger partial charge in [-0.2, -0.15) is 0 Å².